The molecule has 0 aliphatic carbocycles. The number of carboxylic acids is 1. The van der Waals surface area contributed by atoms with Crippen LogP contribution in [-0.2, 0) is 51.3 Å². The number of carboxylic acid groups (broad SMARTS) is 1. The number of anilines is 5. The Morgan fingerprint density at radius 1 is 0.846 bits per heavy atom. The molecule has 1 aliphatic heterocycles. The average Bonchev–Trinajstić information content (AvgIpc) is 2.16. The number of rotatable bonds is 30. The predicted octanol–water partition coefficient (Wildman–Crippen LogP) is 8.31. The number of halogens is 1. The summed E-state index contributed by atoms with van der Waals surface area (Å²) in [5.41, 5.74) is 1.85. The van der Waals surface area contributed by atoms with Crippen LogP contribution in [0.3, 0.4) is 0 Å². The molecule has 27 heteroatoms. The standard InChI is InChI=1S/C64H75FN12O12S2/c1-38(2)54(70-51(79)33-63(5,6)36-87-37-64(7,8)35-66-50(78)27-29-77-52(80)25-26-53(77)81)58(83)67-40(4)57(82)68-43-22-19-42(20-23-43)34-89-62(86)75(9)28-13-15-41-21-24-46(44(65)32-41)88-30-14-18-48-55(59(84)85)71-61(91-48)76(10)49-31-39(3)56(74-73-49)72-60-69-45-16-11-12-17-47(45)90-60/h11-12,16-17,19-26,31-32,38,40,54H,14,18,27-30,33-37H2,1-10H3,(H,66,78)(H,67,83)(H,68,82)(H,70,79)(H,84,85)(H,69,72,74)/t40-,54-/m0/s1. The molecule has 0 fully saturated rings. The number of nitrogens with one attached hydrogen (secondary N) is 5. The Morgan fingerprint density at radius 3 is 2.24 bits per heavy atom. The van der Waals surface area contributed by atoms with Crippen LogP contribution in [0.15, 0.2) is 84.9 Å². The first kappa shape index (κ1) is 69.1. The summed E-state index contributed by atoms with van der Waals surface area (Å²) in [5, 5.41) is 34.1. The topological polar surface area (TPSA) is 306 Å². The molecule has 2 atom stereocenters. The Labute approximate surface area is 534 Å². The van der Waals surface area contributed by atoms with Gasteiger partial charge in [-0.25, -0.2) is 23.9 Å². The molecule has 6 N–H and O–H groups in total. The summed E-state index contributed by atoms with van der Waals surface area (Å²) < 4.78 is 33.3. The first-order chi connectivity index (χ1) is 43.1. The summed E-state index contributed by atoms with van der Waals surface area (Å²) in [7, 11) is 3.23. The number of hydrogen-bond donors (Lipinski definition) is 6. The molecule has 0 radical (unpaired) electrons. The lowest BCUT2D eigenvalue weighted by Crippen LogP contribution is -2.54. The van der Waals surface area contributed by atoms with E-state index in [0.29, 0.717) is 56.4 Å². The normalized spacial score (nSPS) is 12.9. The molecule has 24 nitrogen and oxygen atoms in total. The van der Waals surface area contributed by atoms with E-state index >= 15 is 4.39 Å². The smallest absolute Gasteiger partial charge is 0.410 e. The number of fused-ring (bicyclic) bond motifs is 1. The summed E-state index contributed by atoms with van der Waals surface area (Å²) in [6, 6.07) is 18.5. The van der Waals surface area contributed by atoms with E-state index < -0.39 is 64.4 Å². The maximum Gasteiger partial charge on any atom is 0.410 e. The molecule has 4 heterocycles. The molecule has 7 rings (SSSR count). The van der Waals surface area contributed by atoms with Crippen LogP contribution in [0.2, 0.25) is 0 Å². The monoisotopic (exact) mass is 1290 g/mol. The number of para-hydroxylation sites is 1. The van der Waals surface area contributed by atoms with E-state index in [1.807, 2.05) is 65.0 Å². The zero-order valence-corrected chi connectivity index (χ0v) is 54.0. The van der Waals surface area contributed by atoms with Gasteiger partial charge in [-0.3, -0.25) is 33.7 Å². The molecule has 0 unspecified atom stereocenters. The highest BCUT2D eigenvalue weighted by atomic mass is 32.1. The highest BCUT2D eigenvalue weighted by Gasteiger charge is 2.32. The number of aromatic carboxylic acids is 1. The maximum atomic E-state index is 15.2. The van der Waals surface area contributed by atoms with Gasteiger partial charge < -0.3 is 55.7 Å². The van der Waals surface area contributed by atoms with E-state index in [1.54, 1.807) is 56.1 Å². The molecule has 3 aromatic carbocycles. The Balaban J connectivity index is 0.775. The Hall–Kier alpha value is -9.39. The molecular weight excluding hydrogens is 1210 g/mol. The molecule has 0 saturated carbocycles. The van der Waals surface area contributed by atoms with E-state index in [-0.39, 0.29) is 88.1 Å². The highest BCUT2D eigenvalue weighted by Crippen LogP contribution is 2.34. The van der Waals surface area contributed by atoms with Crippen molar-refractivity contribution in [2.45, 2.75) is 99.8 Å². The van der Waals surface area contributed by atoms with Gasteiger partial charge in [0.05, 0.1) is 36.6 Å². The summed E-state index contributed by atoms with van der Waals surface area (Å²) in [5.74, 6) is 1.87. The number of hydrogen-bond acceptors (Lipinski definition) is 19. The van der Waals surface area contributed by atoms with Crippen LogP contribution in [0.4, 0.5) is 36.8 Å². The number of aryl methyl sites for hydroxylation is 2. The molecule has 0 bridgehead atoms. The summed E-state index contributed by atoms with van der Waals surface area (Å²) in [4.78, 5) is 114. The van der Waals surface area contributed by atoms with Gasteiger partial charge in [0.25, 0.3) is 11.8 Å². The third-order valence-electron chi connectivity index (χ3n) is 14.1. The fourth-order valence-corrected chi connectivity index (χ4v) is 10.8. The van der Waals surface area contributed by atoms with Crippen LogP contribution in [0, 0.1) is 41.3 Å². The first-order valence-corrected chi connectivity index (χ1v) is 30.9. The van der Waals surface area contributed by atoms with Crippen LogP contribution < -0.4 is 36.2 Å². The number of aromatic nitrogens is 4. The number of carbonyl (C=O) groups is 8. The van der Waals surface area contributed by atoms with Gasteiger partial charge >= 0.3 is 12.1 Å². The Bertz CT molecular complexity index is 3700. The number of imide groups is 1. The van der Waals surface area contributed by atoms with Crippen molar-refractivity contribution in [2.75, 3.05) is 69.1 Å². The summed E-state index contributed by atoms with van der Waals surface area (Å²) in [6.45, 7) is 15.2. The molecule has 0 saturated heterocycles. The van der Waals surface area contributed by atoms with Crippen molar-refractivity contribution in [2.24, 2.45) is 16.7 Å². The Morgan fingerprint density at radius 2 is 1.56 bits per heavy atom. The minimum Gasteiger partial charge on any atom is -0.491 e. The van der Waals surface area contributed by atoms with Crippen LogP contribution in [0.25, 0.3) is 10.2 Å². The molecule has 0 spiro atoms. The van der Waals surface area contributed by atoms with E-state index in [0.717, 1.165) is 20.7 Å². The van der Waals surface area contributed by atoms with Gasteiger partial charge in [0, 0.05) is 73.7 Å². The molecule has 1 aliphatic rings. The van der Waals surface area contributed by atoms with Gasteiger partial charge in [-0.2, -0.15) is 0 Å². The number of benzene rings is 3. The lowest BCUT2D eigenvalue weighted by molar-refractivity contribution is -0.137. The Kier molecular flexibility index (Phi) is 23.8. The predicted molar refractivity (Wildman–Crippen MR) is 343 cm³/mol. The highest BCUT2D eigenvalue weighted by molar-refractivity contribution is 7.22. The summed E-state index contributed by atoms with van der Waals surface area (Å²) >= 11 is 2.70. The summed E-state index contributed by atoms with van der Waals surface area (Å²) in [6.07, 6.45) is 2.34. The zero-order valence-electron chi connectivity index (χ0n) is 52.4. The van der Waals surface area contributed by atoms with Crippen LogP contribution in [0.5, 0.6) is 5.75 Å². The number of carbonyl (C=O) groups excluding carboxylic acids is 7. The fourth-order valence-electron chi connectivity index (χ4n) is 8.89. The number of nitrogens with zero attached hydrogens (tertiary/aromatic N) is 7. The van der Waals surface area contributed by atoms with Gasteiger partial charge in [0.15, 0.2) is 39.2 Å². The SMILES string of the molecule is Cc1cc(N(C)c2nc(C(=O)O)c(CCCOc3ccc(C#CCN(C)C(=O)OCc4ccc(NC(=O)[C@H](C)NC(=O)[C@@H](NC(=O)CC(C)(C)COCC(C)(C)CNC(=O)CCN5C(=O)C=CC5=O)C(C)C)cc4)cc3F)s2)nnc1Nc1nc2ccccc2s1. The lowest BCUT2D eigenvalue weighted by atomic mass is 9.89. The fraction of sp³-hybridized carbons (Fsp3) is 0.406. The van der Waals surface area contributed by atoms with Crippen LogP contribution in [-0.4, -0.2) is 148 Å². The second-order valence-electron chi connectivity index (χ2n) is 23.7. The maximum absolute atomic E-state index is 15.2. The lowest BCUT2D eigenvalue weighted by Gasteiger charge is -2.30. The van der Waals surface area contributed by atoms with Crippen molar-refractivity contribution in [3.05, 3.63) is 118 Å². The second kappa shape index (κ2) is 31.4. The van der Waals surface area contributed by atoms with Crippen LogP contribution in [0.1, 0.15) is 99.8 Å². The van der Waals surface area contributed by atoms with E-state index in [9.17, 15) is 43.5 Å². The van der Waals surface area contributed by atoms with Crippen molar-refractivity contribution in [3.8, 4) is 17.6 Å². The third-order valence-corrected chi connectivity index (χ3v) is 16.2. The minimum absolute atomic E-state index is 0.00823. The van der Waals surface area contributed by atoms with Gasteiger partial charge in [-0.05, 0) is 97.7 Å². The number of thiazole rings is 2. The van der Waals surface area contributed by atoms with E-state index in [1.165, 1.54) is 65.8 Å². The average molecular weight is 1290 g/mol. The van der Waals surface area contributed by atoms with Gasteiger partial charge in [-0.15, -0.1) is 21.5 Å². The van der Waals surface area contributed by atoms with Crippen molar-refractivity contribution in [3.63, 3.8) is 0 Å². The number of amides is 7. The second-order valence-corrected chi connectivity index (χ2v) is 25.8. The van der Waals surface area contributed by atoms with E-state index in [2.05, 4.69) is 58.6 Å². The molecule has 3 aromatic heterocycles. The largest absolute Gasteiger partial charge is 0.491 e. The quantitative estimate of drug-likeness (QED) is 0.0140. The van der Waals surface area contributed by atoms with Gasteiger partial charge in [-0.1, -0.05) is 89.0 Å². The van der Waals surface area contributed by atoms with Crippen molar-refractivity contribution in [1.82, 2.24) is 45.9 Å². The third kappa shape index (κ3) is 20.3. The zero-order chi connectivity index (χ0) is 66.2. The molecule has 7 amide bonds. The van der Waals surface area contributed by atoms with Gasteiger partial charge in [0.1, 0.15) is 18.7 Å². The van der Waals surface area contributed by atoms with Crippen molar-refractivity contribution < 1.29 is 62.1 Å². The molecule has 6 aromatic rings. The minimum atomic E-state index is -1.18. The first-order valence-electron chi connectivity index (χ1n) is 29.2. The van der Waals surface area contributed by atoms with Crippen LogP contribution >= 0.6 is 22.7 Å². The number of ether oxygens (including phenoxy) is 3. The van der Waals surface area contributed by atoms with Crippen molar-refractivity contribution >= 4 is 108 Å². The molecular formula is C64H75FN12O12S2. The van der Waals surface area contributed by atoms with E-state index in [4.69, 9.17) is 14.2 Å². The van der Waals surface area contributed by atoms with Crippen molar-refractivity contribution in [1.29, 1.82) is 0 Å². The van der Waals surface area contributed by atoms with Gasteiger partial charge in [0.2, 0.25) is 23.6 Å². The molecule has 482 valence electrons. The molecule has 91 heavy (non-hydrogen) atoms.